The van der Waals surface area contributed by atoms with E-state index in [9.17, 15) is 13.6 Å². The van der Waals surface area contributed by atoms with Crippen molar-refractivity contribution in [3.05, 3.63) is 60.2 Å². The molecule has 0 bridgehead atoms. The second-order valence-electron chi connectivity index (χ2n) is 6.39. The van der Waals surface area contributed by atoms with Crippen LogP contribution < -0.4 is 16.4 Å². The zero-order valence-corrected chi connectivity index (χ0v) is 15.5. The van der Waals surface area contributed by atoms with E-state index in [4.69, 9.17) is 5.73 Å². The van der Waals surface area contributed by atoms with E-state index in [0.29, 0.717) is 11.3 Å². The average molecular weight is 385 g/mol. The number of nitrogens with two attached hydrogens (primary N) is 1. The Kier molecular flexibility index (Phi) is 5.58. The Morgan fingerprint density at radius 3 is 2.61 bits per heavy atom. The minimum Gasteiger partial charge on any atom is -0.382 e. The summed E-state index contributed by atoms with van der Waals surface area (Å²) in [4.78, 5) is 12.3. The van der Waals surface area contributed by atoms with Crippen LogP contribution in [0.25, 0.3) is 16.9 Å². The van der Waals surface area contributed by atoms with E-state index in [1.165, 1.54) is 0 Å². The zero-order valence-electron chi connectivity index (χ0n) is 15.5. The largest absolute Gasteiger partial charge is 0.382 e. The third-order valence-corrected chi connectivity index (χ3v) is 4.33. The summed E-state index contributed by atoms with van der Waals surface area (Å²) >= 11 is 0. The number of carbonyl (C=O) groups excluding carboxylic acids is 1. The Balaban J connectivity index is 2.10. The smallest absolute Gasteiger partial charge is 0.319 e. The molecular weight excluding hydrogens is 364 g/mol. The van der Waals surface area contributed by atoms with Gasteiger partial charge in [0.05, 0.1) is 0 Å². The molecule has 1 atom stereocenters. The lowest BCUT2D eigenvalue weighted by Gasteiger charge is -2.13. The van der Waals surface area contributed by atoms with Crippen molar-refractivity contribution in [3.8, 4) is 16.9 Å². The molecule has 3 aromatic rings. The third-order valence-electron chi connectivity index (χ3n) is 4.33. The van der Waals surface area contributed by atoms with E-state index in [2.05, 4.69) is 15.7 Å². The predicted octanol–water partition coefficient (Wildman–Crippen LogP) is 4.32. The van der Waals surface area contributed by atoms with Crippen LogP contribution in [0.3, 0.4) is 0 Å². The van der Waals surface area contributed by atoms with Gasteiger partial charge in [-0.3, -0.25) is 0 Å². The van der Waals surface area contributed by atoms with Crippen LogP contribution >= 0.6 is 0 Å². The van der Waals surface area contributed by atoms with Crippen molar-refractivity contribution in [3.63, 3.8) is 0 Å². The van der Waals surface area contributed by atoms with Gasteiger partial charge in [-0.1, -0.05) is 37.3 Å². The topological polar surface area (TPSA) is 85.0 Å². The van der Waals surface area contributed by atoms with Gasteiger partial charge in [-0.15, -0.1) is 0 Å². The number of urea groups is 1. The fourth-order valence-corrected chi connectivity index (χ4v) is 2.66. The van der Waals surface area contributed by atoms with E-state index >= 15 is 0 Å². The van der Waals surface area contributed by atoms with Crippen LogP contribution in [0, 0.1) is 11.6 Å². The number of carbonyl (C=O) groups is 1. The summed E-state index contributed by atoms with van der Waals surface area (Å²) in [5.41, 5.74) is 7.26. The Labute approximate surface area is 161 Å². The van der Waals surface area contributed by atoms with Crippen LogP contribution in [0.2, 0.25) is 0 Å². The number of rotatable bonds is 5. The molecule has 146 valence electrons. The molecule has 0 unspecified atom stereocenters. The molecule has 8 heteroatoms. The molecule has 0 aliphatic rings. The number of hydrogen-bond donors (Lipinski definition) is 3. The summed E-state index contributed by atoms with van der Waals surface area (Å²) in [6.07, 6.45) is 0.752. The molecule has 0 aliphatic carbocycles. The first-order valence-corrected chi connectivity index (χ1v) is 8.87. The SMILES string of the molecule is CC[C@H](C)NC(=O)Nc1c(-c2ccccc2)nn(-c2cc(F)ccc2F)c1N. The highest BCUT2D eigenvalue weighted by Crippen LogP contribution is 2.34. The molecule has 28 heavy (non-hydrogen) atoms. The minimum atomic E-state index is -0.689. The van der Waals surface area contributed by atoms with E-state index in [0.717, 1.165) is 29.3 Å². The highest BCUT2D eigenvalue weighted by Gasteiger charge is 2.22. The molecule has 4 N–H and O–H groups in total. The van der Waals surface area contributed by atoms with Crippen LogP contribution in [0.15, 0.2) is 48.5 Å². The van der Waals surface area contributed by atoms with Gasteiger partial charge in [0, 0.05) is 17.7 Å². The van der Waals surface area contributed by atoms with Crippen LogP contribution in [0.4, 0.5) is 25.1 Å². The first kappa shape index (κ1) is 19.3. The molecule has 3 rings (SSSR count). The van der Waals surface area contributed by atoms with Crippen LogP contribution in [0.5, 0.6) is 0 Å². The Morgan fingerprint density at radius 2 is 1.93 bits per heavy atom. The van der Waals surface area contributed by atoms with Gasteiger partial charge in [0.25, 0.3) is 0 Å². The number of nitrogen functional groups attached to an aromatic ring is 1. The third kappa shape index (κ3) is 3.95. The maximum absolute atomic E-state index is 14.3. The molecule has 0 spiro atoms. The molecular formula is C20H21F2N5O. The summed E-state index contributed by atoms with van der Waals surface area (Å²) in [6, 6.07) is 11.5. The minimum absolute atomic E-state index is 0.0114. The number of benzene rings is 2. The van der Waals surface area contributed by atoms with Gasteiger partial charge < -0.3 is 16.4 Å². The summed E-state index contributed by atoms with van der Waals surface area (Å²) in [5, 5.41) is 9.82. The molecule has 1 aromatic heterocycles. The van der Waals surface area contributed by atoms with Crippen molar-refractivity contribution >= 4 is 17.5 Å². The zero-order chi connectivity index (χ0) is 20.3. The molecule has 0 saturated carbocycles. The highest BCUT2D eigenvalue weighted by atomic mass is 19.1. The predicted molar refractivity (Wildman–Crippen MR) is 105 cm³/mol. The number of halogens is 2. The molecule has 0 radical (unpaired) electrons. The fourth-order valence-electron chi connectivity index (χ4n) is 2.66. The molecule has 1 heterocycles. The molecule has 0 aliphatic heterocycles. The second-order valence-corrected chi connectivity index (χ2v) is 6.39. The summed E-state index contributed by atoms with van der Waals surface area (Å²) in [7, 11) is 0. The number of nitrogens with zero attached hydrogens (tertiary/aromatic N) is 2. The first-order valence-electron chi connectivity index (χ1n) is 8.87. The van der Waals surface area contributed by atoms with Crippen molar-refractivity contribution < 1.29 is 13.6 Å². The first-order chi connectivity index (χ1) is 13.4. The van der Waals surface area contributed by atoms with E-state index in [1.807, 2.05) is 19.9 Å². The lowest BCUT2D eigenvalue weighted by atomic mass is 10.1. The number of aromatic nitrogens is 2. The van der Waals surface area contributed by atoms with Gasteiger partial charge in [0.1, 0.15) is 28.7 Å². The standard InChI is InChI=1S/C20H21F2N5O/c1-3-12(2)24-20(28)25-18-17(13-7-5-4-6-8-13)26-27(19(18)23)16-11-14(21)9-10-15(16)22/h4-12H,3,23H2,1-2H3,(H2,24,25,28)/t12-/m0/s1. The highest BCUT2D eigenvalue weighted by molar-refractivity contribution is 5.97. The molecule has 2 amide bonds. The lowest BCUT2D eigenvalue weighted by molar-refractivity contribution is 0.249. The maximum Gasteiger partial charge on any atom is 0.319 e. The number of nitrogens with one attached hydrogen (secondary N) is 2. The van der Waals surface area contributed by atoms with Gasteiger partial charge in [-0.25, -0.2) is 18.3 Å². The average Bonchev–Trinajstić information content (AvgIpc) is 3.00. The second kappa shape index (κ2) is 8.08. The maximum atomic E-state index is 14.3. The van der Waals surface area contributed by atoms with E-state index in [-0.39, 0.29) is 23.2 Å². The normalized spacial score (nSPS) is 11.9. The molecule has 0 fully saturated rings. The van der Waals surface area contributed by atoms with Crippen LogP contribution in [-0.4, -0.2) is 21.9 Å². The van der Waals surface area contributed by atoms with Crippen molar-refractivity contribution in [2.45, 2.75) is 26.3 Å². The van der Waals surface area contributed by atoms with Crippen molar-refractivity contribution in [1.29, 1.82) is 0 Å². The van der Waals surface area contributed by atoms with E-state index < -0.39 is 17.7 Å². The van der Waals surface area contributed by atoms with Crippen LogP contribution in [-0.2, 0) is 0 Å². The van der Waals surface area contributed by atoms with Crippen molar-refractivity contribution in [2.75, 3.05) is 11.1 Å². The van der Waals surface area contributed by atoms with E-state index in [1.54, 1.807) is 24.3 Å². The summed E-state index contributed by atoms with van der Waals surface area (Å²) < 4.78 is 29.0. The Bertz CT molecular complexity index is 988. The van der Waals surface area contributed by atoms with Crippen LogP contribution in [0.1, 0.15) is 20.3 Å². The fraction of sp³-hybridized carbons (Fsp3) is 0.200. The van der Waals surface area contributed by atoms with Gasteiger partial charge in [-0.2, -0.15) is 5.10 Å². The Hall–Kier alpha value is -3.42. The molecule has 2 aromatic carbocycles. The summed E-state index contributed by atoms with van der Waals surface area (Å²) in [5.74, 6) is -1.33. The van der Waals surface area contributed by atoms with Gasteiger partial charge >= 0.3 is 6.03 Å². The quantitative estimate of drug-likeness (QED) is 0.611. The Morgan fingerprint density at radius 1 is 1.21 bits per heavy atom. The van der Waals surface area contributed by atoms with Gasteiger partial charge in [0.2, 0.25) is 0 Å². The van der Waals surface area contributed by atoms with Crippen molar-refractivity contribution in [2.24, 2.45) is 0 Å². The van der Waals surface area contributed by atoms with Gasteiger partial charge in [-0.05, 0) is 25.5 Å². The lowest BCUT2D eigenvalue weighted by Crippen LogP contribution is -2.35. The molecule has 6 nitrogen and oxygen atoms in total. The summed E-state index contributed by atoms with van der Waals surface area (Å²) in [6.45, 7) is 3.81. The van der Waals surface area contributed by atoms with Crippen molar-refractivity contribution in [1.82, 2.24) is 15.1 Å². The van der Waals surface area contributed by atoms with Gasteiger partial charge in [0.15, 0.2) is 5.82 Å². The molecule has 0 saturated heterocycles. The number of anilines is 2. The monoisotopic (exact) mass is 385 g/mol. The number of hydrogen-bond acceptors (Lipinski definition) is 3. The number of amides is 2.